The van der Waals surface area contributed by atoms with Crippen molar-refractivity contribution in [1.82, 2.24) is 0 Å². The third-order valence-corrected chi connectivity index (χ3v) is 1.31. The van der Waals surface area contributed by atoms with E-state index in [1.54, 1.807) is 0 Å². The van der Waals surface area contributed by atoms with Crippen LogP contribution in [-0.2, 0) is 0 Å². The minimum absolute atomic E-state index is 1.17. The molecule has 5 heavy (non-hydrogen) atoms. The molecule has 0 aliphatic rings. The standard InChI is InChI=1S/C4H10Si/c1-3-4(2)5/h2-3H2,1,5H3. The zero-order chi connectivity index (χ0) is 4.28. The summed E-state index contributed by atoms with van der Waals surface area (Å²) < 4.78 is 0. The molecular weight excluding hydrogens is 76.1 g/mol. The second-order valence-electron chi connectivity index (χ2n) is 1.31. The van der Waals surface area contributed by atoms with Gasteiger partial charge in [-0.05, 0) is 6.42 Å². The highest BCUT2D eigenvalue weighted by Crippen LogP contribution is 1.83. The predicted molar refractivity (Wildman–Crippen MR) is 29.4 cm³/mol. The third kappa shape index (κ3) is 3.96. The molecule has 0 fully saturated rings. The van der Waals surface area contributed by atoms with Crippen LogP contribution in [0, 0.1) is 0 Å². The summed E-state index contributed by atoms with van der Waals surface area (Å²) in [6.07, 6.45) is 1.17. The monoisotopic (exact) mass is 86.1 g/mol. The van der Waals surface area contributed by atoms with Crippen molar-refractivity contribution in [3.8, 4) is 0 Å². The van der Waals surface area contributed by atoms with Crippen LogP contribution in [0.5, 0.6) is 0 Å². The summed E-state index contributed by atoms with van der Waals surface area (Å²) in [5.41, 5.74) is 0. The van der Waals surface area contributed by atoms with Gasteiger partial charge in [0, 0.05) is 10.2 Å². The van der Waals surface area contributed by atoms with E-state index in [-0.39, 0.29) is 0 Å². The Bertz CT molecular complexity index is 38.9. The molecule has 0 spiro atoms. The summed E-state index contributed by atoms with van der Waals surface area (Å²) in [7, 11) is 1.18. The minimum atomic E-state index is 1.17. The lowest BCUT2D eigenvalue weighted by molar-refractivity contribution is 1.20. The van der Waals surface area contributed by atoms with Crippen molar-refractivity contribution in [2.75, 3.05) is 0 Å². The first-order valence-electron chi connectivity index (χ1n) is 1.91. The maximum atomic E-state index is 3.74. The maximum absolute atomic E-state index is 3.74. The van der Waals surface area contributed by atoms with Crippen LogP contribution in [-0.4, -0.2) is 10.2 Å². The summed E-state index contributed by atoms with van der Waals surface area (Å²) in [5, 5.41) is 1.39. The van der Waals surface area contributed by atoms with E-state index in [4.69, 9.17) is 0 Å². The van der Waals surface area contributed by atoms with E-state index in [0.29, 0.717) is 0 Å². The zero-order valence-corrected chi connectivity index (χ0v) is 5.91. The fourth-order valence-electron chi connectivity index (χ4n) is 0. The highest BCUT2D eigenvalue weighted by Gasteiger charge is 1.67. The Kier molecular flexibility index (Phi) is 2.19. The molecule has 0 N–H and O–H groups in total. The van der Waals surface area contributed by atoms with E-state index in [1.807, 2.05) is 0 Å². The quantitative estimate of drug-likeness (QED) is 0.402. The van der Waals surface area contributed by atoms with Gasteiger partial charge in [0.1, 0.15) is 0 Å². The zero-order valence-electron chi connectivity index (χ0n) is 3.91. The van der Waals surface area contributed by atoms with Gasteiger partial charge in [0.05, 0.1) is 0 Å². The summed E-state index contributed by atoms with van der Waals surface area (Å²) in [6, 6.07) is 0. The van der Waals surface area contributed by atoms with Crippen molar-refractivity contribution in [2.24, 2.45) is 0 Å². The molecule has 0 saturated carbocycles. The normalized spacial score (nSPS) is 8.20. The van der Waals surface area contributed by atoms with E-state index in [9.17, 15) is 0 Å². The van der Waals surface area contributed by atoms with Gasteiger partial charge < -0.3 is 0 Å². The van der Waals surface area contributed by atoms with Crippen LogP contribution in [0.2, 0.25) is 0 Å². The first-order chi connectivity index (χ1) is 2.27. The molecule has 0 aliphatic heterocycles. The summed E-state index contributed by atoms with van der Waals surface area (Å²) in [4.78, 5) is 0. The molecule has 0 heterocycles. The molecule has 0 atom stereocenters. The third-order valence-electron chi connectivity index (χ3n) is 0.604. The average Bonchev–Trinajstić information content (AvgIpc) is 1.38. The van der Waals surface area contributed by atoms with Gasteiger partial charge in [0.2, 0.25) is 0 Å². The highest BCUT2D eigenvalue weighted by molar-refractivity contribution is 6.21. The second kappa shape index (κ2) is 2.21. The molecule has 1 heteroatoms. The maximum Gasteiger partial charge on any atom is 0.0325 e. The summed E-state index contributed by atoms with van der Waals surface area (Å²) in [5.74, 6) is 0. The molecule has 0 aliphatic carbocycles. The van der Waals surface area contributed by atoms with Gasteiger partial charge >= 0.3 is 0 Å². The smallest absolute Gasteiger partial charge is 0.0325 e. The average molecular weight is 86.2 g/mol. The van der Waals surface area contributed by atoms with Gasteiger partial charge in [-0.15, -0.1) is 6.58 Å². The van der Waals surface area contributed by atoms with E-state index in [0.717, 1.165) is 0 Å². The fraction of sp³-hybridized carbons (Fsp3) is 0.500. The SMILES string of the molecule is C=C([SiH3])CC. The van der Waals surface area contributed by atoms with Gasteiger partial charge in [-0.2, -0.15) is 0 Å². The van der Waals surface area contributed by atoms with Crippen molar-refractivity contribution >= 4 is 10.2 Å². The van der Waals surface area contributed by atoms with Crippen LogP contribution >= 0.6 is 0 Å². The lowest BCUT2D eigenvalue weighted by atomic mass is 10.5. The van der Waals surface area contributed by atoms with Crippen molar-refractivity contribution in [3.63, 3.8) is 0 Å². The molecule has 0 amide bonds. The van der Waals surface area contributed by atoms with Gasteiger partial charge in [-0.3, -0.25) is 0 Å². The predicted octanol–water partition coefficient (Wildman–Crippen LogP) is 0.275. The summed E-state index contributed by atoms with van der Waals surface area (Å²) in [6.45, 7) is 5.87. The molecule has 30 valence electrons. The van der Waals surface area contributed by atoms with Crippen LogP contribution < -0.4 is 0 Å². The van der Waals surface area contributed by atoms with Crippen molar-refractivity contribution in [3.05, 3.63) is 11.8 Å². The first kappa shape index (κ1) is 4.96. The minimum Gasteiger partial charge on any atom is -0.105 e. The van der Waals surface area contributed by atoms with E-state index in [1.165, 1.54) is 21.9 Å². The fourth-order valence-corrected chi connectivity index (χ4v) is 0. The van der Waals surface area contributed by atoms with Crippen molar-refractivity contribution < 1.29 is 0 Å². The molecule has 0 aromatic rings. The molecule has 0 radical (unpaired) electrons. The van der Waals surface area contributed by atoms with Gasteiger partial charge in [-0.1, -0.05) is 12.1 Å². The largest absolute Gasteiger partial charge is 0.105 e. The van der Waals surface area contributed by atoms with Crippen LogP contribution in [0.15, 0.2) is 11.8 Å². The van der Waals surface area contributed by atoms with E-state index >= 15 is 0 Å². The molecule has 0 aromatic heterocycles. The molecule has 0 rings (SSSR count). The second-order valence-corrected chi connectivity index (χ2v) is 2.72. The summed E-state index contributed by atoms with van der Waals surface area (Å²) >= 11 is 0. The van der Waals surface area contributed by atoms with Crippen LogP contribution in [0.3, 0.4) is 0 Å². The Morgan fingerprint density at radius 2 is 2.20 bits per heavy atom. The molecule has 0 saturated heterocycles. The van der Waals surface area contributed by atoms with Crippen molar-refractivity contribution in [2.45, 2.75) is 13.3 Å². The molecule has 0 nitrogen and oxygen atoms in total. The Labute approximate surface area is 36.3 Å². The Balaban J connectivity index is 2.85. The van der Waals surface area contributed by atoms with Gasteiger partial charge in [0.15, 0.2) is 0 Å². The number of rotatable bonds is 1. The number of hydrogen-bond acceptors (Lipinski definition) is 0. The van der Waals surface area contributed by atoms with Gasteiger partial charge in [-0.25, -0.2) is 0 Å². The van der Waals surface area contributed by atoms with E-state index < -0.39 is 0 Å². The molecule has 0 aromatic carbocycles. The van der Waals surface area contributed by atoms with Crippen molar-refractivity contribution in [1.29, 1.82) is 0 Å². The topological polar surface area (TPSA) is 0 Å². The Morgan fingerprint density at radius 1 is 2.00 bits per heavy atom. The highest BCUT2D eigenvalue weighted by atomic mass is 28.1. The Morgan fingerprint density at radius 3 is 2.20 bits per heavy atom. The number of hydrogen-bond donors (Lipinski definition) is 0. The first-order valence-corrected chi connectivity index (χ1v) is 2.91. The lowest BCUT2D eigenvalue weighted by Gasteiger charge is -1.79. The van der Waals surface area contributed by atoms with Crippen LogP contribution in [0.1, 0.15) is 13.3 Å². The molecular formula is C4H10Si. The van der Waals surface area contributed by atoms with Crippen LogP contribution in [0.4, 0.5) is 0 Å². The Hall–Kier alpha value is -0.0431. The van der Waals surface area contributed by atoms with Crippen LogP contribution in [0.25, 0.3) is 0 Å². The van der Waals surface area contributed by atoms with Gasteiger partial charge in [0.25, 0.3) is 0 Å². The van der Waals surface area contributed by atoms with E-state index in [2.05, 4.69) is 13.5 Å². The molecule has 0 bridgehead atoms. The molecule has 0 unspecified atom stereocenters. The number of allylic oxidation sites excluding steroid dienone is 1. The lowest BCUT2D eigenvalue weighted by Crippen LogP contribution is -1.68.